The van der Waals surface area contributed by atoms with Crippen molar-refractivity contribution in [1.29, 1.82) is 0 Å². The molecule has 258 valence electrons. The van der Waals surface area contributed by atoms with Crippen molar-refractivity contribution in [3.05, 3.63) is 118 Å². The van der Waals surface area contributed by atoms with Crippen LogP contribution in [0, 0.1) is 13.8 Å². The number of epoxide rings is 2. The van der Waals surface area contributed by atoms with E-state index >= 15 is 0 Å². The molecule has 0 spiro atoms. The molecule has 8 heteroatoms. The highest BCUT2D eigenvalue weighted by molar-refractivity contribution is 5.86. The standard InChI is InChI=1S/C41H46O8/c1-29-23-31(11-13-39(29)46-21-19-42-15-17-44-25-33-27-48-33)41(37-9-5-3-7-35(37)36-8-4-6-10-38(36)41)32-12-14-40(30(2)24-32)47-22-20-43-16-18-45-26-34-28-49-34/h3-14,23-24,33-34H,15-22,25-28H2,1-2H3. The topological polar surface area (TPSA) is 80.4 Å². The van der Waals surface area contributed by atoms with E-state index in [1.807, 2.05) is 0 Å². The lowest BCUT2D eigenvalue weighted by Gasteiger charge is -2.34. The minimum atomic E-state index is -0.511. The van der Waals surface area contributed by atoms with Gasteiger partial charge >= 0.3 is 0 Å². The van der Waals surface area contributed by atoms with Gasteiger partial charge in [0.2, 0.25) is 0 Å². The molecule has 3 aliphatic rings. The molecule has 8 nitrogen and oxygen atoms in total. The third kappa shape index (κ3) is 7.86. The van der Waals surface area contributed by atoms with Crippen LogP contribution in [0.2, 0.25) is 0 Å². The van der Waals surface area contributed by atoms with Crippen molar-refractivity contribution in [3.8, 4) is 22.6 Å². The molecule has 0 saturated carbocycles. The maximum Gasteiger partial charge on any atom is 0.122 e. The van der Waals surface area contributed by atoms with Gasteiger partial charge in [0.05, 0.1) is 71.5 Å². The molecule has 2 heterocycles. The first kappa shape index (κ1) is 33.7. The molecule has 49 heavy (non-hydrogen) atoms. The zero-order valence-electron chi connectivity index (χ0n) is 28.5. The molecule has 4 aromatic carbocycles. The number of hydrogen-bond donors (Lipinski definition) is 0. The summed E-state index contributed by atoms with van der Waals surface area (Å²) >= 11 is 0. The Balaban J connectivity index is 1.07. The highest BCUT2D eigenvalue weighted by Crippen LogP contribution is 2.56. The highest BCUT2D eigenvalue weighted by atomic mass is 16.6. The SMILES string of the molecule is Cc1cc(C2(c3ccc(OCCOCCOCC4CO4)c(C)c3)c3ccccc3-c3ccccc32)ccc1OCCOCCOCC1CO1. The van der Waals surface area contributed by atoms with Gasteiger partial charge in [-0.2, -0.15) is 0 Å². The molecule has 2 atom stereocenters. The molecule has 2 fully saturated rings. The van der Waals surface area contributed by atoms with Gasteiger partial charge in [0.1, 0.15) is 36.9 Å². The van der Waals surface area contributed by atoms with Gasteiger partial charge in [-0.15, -0.1) is 0 Å². The Kier molecular flexibility index (Phi) is 10.9. The van der Waals surface area contributed by atoms with Crippen LogP contribution in [0.4, 0.5) is 0 Å². The zero-order valence-corrected chi connectivity index (χ0v) is 28.5. The van der Waals surface area contributed by atoms with Gasteiger partial charge in [-0.25, -0.2) is 0 Å². The van der Waals surface area contributed by atoms with Gasteiger partial charge in [0, 0.05) is 0 Å². The van der Waals surface area contributed by atoms with Gasteiger partial charge in [0.15, 0.2) is 0 Å². The Morgan fingerprint density at radius 1 is 0.531 bits per heavy atom. The first-order chi connectivity index (χ1) is 24.1. The van der Waals surface area contributed by atoms with E-state index in [1.165, 1.54) is 33.4 Å². The number of fused-ring (bicyclic) bond motifs is 3. The van der Waals surface area contributed by atoms with Crippen molar-refractivity contribution >= 4 is 0 Å². The molecule has 0 aromatic heterocycles. The van der Waals surface area contributed by atoms with E-state index in [9.17, 15) is 0 Å². The maximum atomic E-state index is 6.18. The third-order valence-electron chi connectivity index (χ3n) is 9.29. The van der Waals surface area contributed by atoms with Crippen LogP contribution in [0.5, 0.6) is 11.5 Å². The van der Waals surface area contributed by atoms with Crippen molar-refractivity contribution in [3.63, 3.8) is 0 Å². The fourth-order valence-electron chi connectivity index (χ4n) is 6.73. The summed E-state index contributed by atoms with van der Waals surface area (Å²) in [6.07, 6.45) is 0.549. The van der Waals surface area contributed by atoms with Gasteiger partial charge in [-0.05, 0) is 70.5 Å². The summed E-state index contributed by atoms with van der Waals surface area (Å²) in [7, 11) is 0. The monoisotopic (exact) mass is 666 g/mol. The lowest BCUT2D eigenvalue weighted by Crippen LogP contribution is -2.29. The van der Waals surface area contributed by atoms with Crippen molar-refractivity contribution in [2.45, 2.75) is 31.5 Å². The minimum Gasteiger partial charge on any atom is -0.491 e. The van der Waals surface area contributed by atoms with E-state index in [2.05, 4.69) is 98.8 Å². The number of rotatable bonds is 20. The molecule has 0 bridgehead atoms. The molecule has 7 rings (SSSR count). The van der Waals surface area contributed by atoms with Crippen LogP contribution in [0.25, 0.3) is 11.1 Å². The van der Waals surface area contributed by atoms with Gasteiger partial charge < -0.3 is 37.9 Å². The first-order valence-corrected chi connectivity index (χ1v) is 17.4. The fourth-order valence-corrected chi connectivity index (χ4v) is 6.73. The molecule has 0 radical (unpaired) electrons. The number of benzene rings is 4. The summed E-state index contributed by atoms with van der Waals surface area (Å²) in [5.74, 6) is 1.71. The van der Waals surface area contributed by atoms with Crippen molar-refractivity contribution in [2.24, 2.45) is 0 Å². The average Bonchev–Trinajstić information content (AvgIpc) is 4.07. The fraction of sp³-hybridized carbons (Fsp3) is 0.415. The lowest BCUT2D eigenvalue weighted by molar-refractivity contribution is 0.0316. The van der Waals surface area contributed by atoms with E-state index in [-0.39, 0.29) is 12.2 Å². The van der Waals surface area contributed by atoms with Gasteiger partial charge in [-0.1, -0.05) is 72.8 Å². The quantitative estimate of drug-likeness (QED) is 0.0709. The van der Waals surface area contributed by atoms with E-state index in [0.29, 0.717) is 66.1 Å². The predicted octanol–water partition coefficient (Wildman–Crippen LogP) is 6.29. The minimum absolute atomic E-state index is 0.275. The summed E-state index contributed by atoms with van der Waals surface area (Å²) in [5.41, 5.74) is 9.08. The van der Waals surface area contributed by atoms with Gasteiger partial charge in [0.25, 0.3) is 0 Å². The van der Waals surface area contributed by atoms with Crippen LogP contribution in [0.3, 0.4) is 0 Å². The molecule has 2 unspecified atom stereocenters. The van der Waals surface area contributed by atoms with Crippen molar-refractivity contribution in [2.75, 3.05) is 79.3 Å². The normalized spacial score (nSPS) is 18.2. The molecular weight excluding hydrogens is 620 g/mol. The molecule has 2 aliphatic heterocycles. The Morgan fingerprint density at radius 3 is 1.37 bits per heavy atom. The predicted molar refractivity (Wildman–Crippen MR) is 187 cm³/mol. The lowest BCUT2D eigenvalue weighted by atomic mass is 9.67. The maximum absolute atomic E-state index is 6.18. The summed E-state index contributed by atoms with van der Waals surface area (Å²) in [6, 6.07) is 30.7. The first-order valence-electron chi connectivity index (χ1n) is 17.4. The molecule has 4 aromatic rings. The van der Waals surface area contributed by atoms with Crippen LogP contribution < -0.4 is 9.47 Å². The Morgan fingerprint density at radius 2 is 0.939 bits per heavy atom. The molecule has 0 N–H and O–H groups in total. The molecule has 1 aliphatic carbocycles. The van der Waals surface area contributed by atoms with Crippen molar-refractivity contribution in [1.82, 2.24) is 0 Å². The summed E-state index contributed by atoms with van der Waals surface area (Å²) < 4.78 is 45.2. The largest absolute Gasteiger partial charge is 0.491 e. The van der Waals surface area contributed by atoms with Crippen LogP contribution >= 0.6 is 0 Å². The Labute approximate surface area is 289 Å². The highest BCUT2D eigenvalue weighted by Gasteiger charge is 2.46. The molecular formula is C41H46O8. The van der Waals surface area contributed by atoms with E-state index < -0.39 is 5.41 Å². The van der Waals surface area contributed by atoms with E-state index in [4.69, 9.17) is 37.9 Å². The average molecular weight is 667 g/mol. The zero-order chi connectivity index (χ0) is 33.5. The number of ether oxygens (including phenoxy) is 8. The molecule has 2 saturated heterocycles. The van der Waals surface area contributed by atoms with Crippen molar-refractivity contribution < 1.29 is 37.9 Å². The number of aryl methyl sites for hydroxylation is 2. The summed E-state index contributed by atoms with van der Waals surface area (Å²) in [4.78, 5) is 0. The second-order valence-electron chi connectivity index (χ2n) is 12.8. The molecule has 0 amide bonds. The number of hydrogen-bond acceptors (Lipinski definition) is 8. The second-order valence-corrected chi connectivity index (χ2v) is 12.8. The van der Waals surface area contributed by atoms with Crippen LogP contribution in [0.1, 0.15) is 33.4 Å². The van der Waals surface area contributed by atoms with Crippen LogP contribution in [-0.4, -0.2) is 91.5 Å². The van der Waals surface area contributed by atoms with E-state index in [1.54, 1.807) is 0 Å². The van der Waals surface area contributed by atoms with Gasteiger partial charge in [-0.3, -0.25) is 0 Å². The summed E-state index contributed by atoms with van der Waals surface area (Å²) in [5, 5.41) is 0. The second kappa shape index (κ2) is 15.9. The van der Waals surface area contributed by atoms with Crippen LogP contribution in [-0.2, 0) is 33.8 Å². The smallest absolute Gasteiger partial charge is 0.122 e. The summed E-state index contributed by atoms with van der Waals surface area (Å²) in [6.45, 7) is 11.3. The Hall–Kier alpha value is -3.76. The van der Waals surface area contributed by atoms with E-state index in [0.717, 1.165) is 35.8 Å². The van der Waals surface area contributed by atoms with Crippen LogP contribution in [0.15, 0.2) is 84.9 Å². The third-order valence-corrected chi connectivity index (χ3v) is 9.29. The Bertz CT molecular complexity index is 1570.